The van der Waals surface area contributed by atoms with Gasteiger partial charge in [0.1, 0.15) is 0 Å². The van der Waals surface area contributed by atoms with Crippen molar-refractivity contribution in [3.8, 4) is 6.07 Å². The highest BCUT2D eigenvalue weighted by molar-refractivity contribution is 6.07. The van der Waals surface area contributed by atoms with E-state index in [4.69, 9.17) is 5.26 Å². The average Bonchev–Trinajstić information content (AvgIpc) is 3.50. The Morgan fingerprint density at radius 3 is 2.48 bits per heavy atom. The fraction of sp³-hybridized carbons (Fsp3) is 0.318. The number of anilines is 1. The highest BCUT2D eigenvalue weighted by atomic mass is 19.1. The molecule has 0 aliphatic heterocycles. The summed E-state index contributed by atoms with van der Waals surface area (Å²) in [4.78, 5) is 26.7. The summed E-state index contributed by atoms with van der Waals surface area (Å²) in [6, 6.07) is 12.9. The van der Waals surface area contributed by atoms with E-state index < -0.39 is 5.82 Å². The lowest BCUT2D eigenvalue weighted by molar-refractivity contribution is 0.0968. The summed E-state index contributed by atoms with van der Waals surface area (Å²) in [5, 5.41) is 8.92. The van der Waals surface area contributed by atoms with Gasteiger partial charge < -0.3 is 4.90 Å². The van der Waals surface area contributed by atoms with Crippen LogP contribution >= 0.6 is 0 Å². The summed E-state index contributed by atoms with van der Waals surface area (Å²) in [6.45, 7) is 2.29. The van der Waals surface area contributed by atoms with Crippen LogP contribution in [0.2, 0.25) is 0 Å². The number of amides is 1. The second-order valence-corrected chi connectivity index (χ2v) is 6.86. The minimum Gasteiger partial charge on any atom is -0.305 e. The van der Waals surface area contributed by atoms with Crippen molar-refractivity contribution in [2.75, 3.05) is 11.4 Å². The minimum absolute atomic E-state index is 0.0303. The van der Waals surface area contributed by atoms with Crippen molar-refractivity contribution in [3.63, 3.8) is 0 Å². The number of carbonyl (C=O) groups excluding carboxylic acids is 2. The van der Waals surface area contributed by atoms with Gasteiger partial charge >= 0.3 is 0 Å². The van der Waals surface area contributed by atoms with E-state index in [1.807, 2.05) is 13.0 Å². The van der Waals surface area contributed by atoms with E-state index in [0.717, 1.165) is 12.8 Å². The molecule has 1 amide bonds. The van der Waals surface area contributed by atoms with Crippen molar-refractivity contribution in [1.82, 2.24) is 0 Å². The van der Waals surface area contributed by atoms with Gasteiger partial charge in [-0.1, -0.05) is 13.0 Å². The molecule has 1 aliphatic carbocycles. The van der Waals surface area contributed by atoms with E-state index in [-0.39, 0.29) is 29.4 Å². The Morgan fingerprint density at radius 1 is 1.19 bits per heavy atom. The van der Waals surface area contributed by atoms with Gasteiger partial charge in [0.25, 0.3) is 5.91 Å². The molecule has 4 nitrogen and oxygen atoms in total. The van der Waals surface area contributed by atoms with Gasteiger partial charge in [-0.05, 0) is 61.6 Å². The van der Waals surface area contributed by atoms with E-state index in [0.29, 0.717) is 30.0 Å². The second kappa shape index (κ2) is 8.13. The van der Waals surface area contributed by atoms with E-state index in [1.165, 1.54) is 11.0 Å². The third-order valence-electron chi connectivity index (χ3n) is 4.69. The lowest BCUT2D eigenvalue weighted by Gasteiger charge is -2.24. The number of rotatable bonds is 7. The summed E-state index contributed by atoms with van der Waals surface area (Å²) in [5.41, 5.74) is 1.01. The van der Waals surface area contributed by atoms with Crippen LogP contribution in [-0.4, -0.2) is 18.2 Å². The number of halogens is 1. The van der Waals surface area contributed by atoms with Gasteiger partial charge in [0.05, 0.1) is 22.9 Å². The van der Waals surface area contributed by atoms with Gasteiger partial charge in [-0.2, -0.15) is 5.26 Å². The number of carbonyl (C=O) groups is 2. The molecule has 0 saturated heterocycles. The van der Waals surface area contributed by atoms with Gasteiger partial charge in [0, 0.05) is 18.5 Å². The van der Waals surface area contributed by atoms with Crippen LogP contribution < -0.4 is 4.90 Å². The molecule has 2 aromatic rings. The molecule has 138 valence electrons. The number of nitrogens with zero attached hydrogens (tertiary/aromatic N) is 2. The lowest BCUT2D eigenvalue weighted by Crippen LogP contribution is -2.34. The molecule has 1 aliphatic rings. The lowest BCUT2D eigenvalue weighted by atomic mass is 10.0. The van der Waals surface area contributed by atoms with Crippen LogP contribution in [0.25, 0.3) is 0 Å². The molecule has 0 unspecified atom stereocenters. The van der Waals surface area contributed by atoms with E-state index in [1.54, 1.807) is 36.4 Å². The molecule has 0 aromatic heterocycles. The monoisotopic (exact) mass is 364 g/mol. The smallest absolute Gasteiger partial charge is 0.258 e. The predicted molar refractivity (Wildman–Crippen MR) is 101 cm³/mol. The molecule has 0 N–H and O–H groups in total. The van der Waals surface area contributed by atoms with Crippen molar-refractivity contribution in [1.29, 1.82) is 5.26 Å². The van der Waals surface area contributed by atoms with Crippen LogP contribution in [0.15, 0.2) is 42.5 Å². The van der Waals surface area contributed by atoms with Crippen molar-refractivity contribution in [2.45, 2.75) is 32.6 Å². The first kappa shape index (κ1) is 18.8. The molecule has 5 heteroatoms. The highest BCUT2D eigenvalue weighted by Crippen LogP contribution is 2.34. The molecule has 27 heavy (non-hydrogen) atoms. The van der Waals surface area contributed by atoms with Crippen molar-refractivity contribution < 1.29 is 14.0 Å². The van der Waals surface area contributed by atoms with Gasteiger partial charge in [-0.3, -0.25) is 9.59 Å². The maximum atomic E-state index is 15.1. The molecular weight excluding hydrogens is 343 g/mol. The van der Waals surface area contributed by atoms with Gasteiger partial charge in [-0.15, -0.1) is 0 Å². The SMILES string of the molecule is CCCC(=O)c1cccc(N(CC2CC2)C(=O)c2ccc(C#N)cc2)c1F. The number of nitriles is 1. The summed E-state index contributed by atoms with van der Waals surface area (Å²) < 4.78 is 15.1. The zero-order valence-corrected chi connectivity index (χ0v) is 15.2. The molecule has 0 radical (unpaired) electrons. The Bertz CT molecular complexity index is 896. The molecule has 0 heterocycles. The number of benzene rings is 2. The highest BCUT2D eigenvalue weighted by Gasteiger charge is 2.30. The normalized spacial score (nSPS) is 13.1. The zero-order valence-electron chi connectivity index (χ0n) is 15.2. The van der Waals surface area contributed by atoms with Gasteiger partial charge in [0.15, 0.2) is 11.6 Å². The maximum Gasteiger partial charge on any atom is 0.258 e. The topological polar surface area (TPSA) is 61.2 Å². The maximum absolute atomic E-state index is 15.1. The Kier molecular flexibility index (Phi) is 5.66. The summed E-state index contributed by atoms with van der Waals surface area (Å²) in [7, 11) is 0. The summed E-state index contributed by atoms with van der Waals surface area (Å²) in [5.74, 6) is -0.875. The Morgan fingerprint density at radius 2 is 1.89 bits per heavy atom. The fourth-order valence-corrected chi connectivity index (χ4v) is 3.00. The van der Waals surface area contributed by atoms with Crippen molar-refractivity contribution in [2.24, 2.45) is 5.92 Å². The van der Waals surface area contributed by atoms with Crippen LogP contribution in [0, 0.1) is 23.1 Å². The first-order chi connectivity index (χ1) is 13.0. The largest absolute Gasteiger partial charge is 0.305 e. The molecule has 0 bridgehead atoms. The third-order valence-corrected chi connectivity index (χ3v) is 4.69. The van der Waals surface area contributed by atoms with Crippen molar-refractivity contribution >= 4 is 17.4 Å². The van der Waals surface area contributed by atoms with Crippen molar-refractivity contribution in [3.05, 3.63) is 65.0 Å². The first-order valence-electron chi connectivity index (χ1n) is 9.19. The number of Topliss-reactive ketones (excluding diaryl/α,β-unsaturated/α-hetero) is 1. The summed E-state index contributed by atoms with van der Waals surface area (Å²) in [6.07, 6.45) is 2.92. The molecule has 0 atom stereocenters. The Balaban J connectivity index is 1.97. The predicted octanol–water partition coefficient (Wildman–Crippen LogP) is 4.74. The average molecular weight is 364 g/mol. The minimum atomic E-state index is -0.640. The molecule has 0 spiro atoms. The molecule has 1 fully saturated rings. The Hall–Kier alpha value is -3.00. The zero-order chi connectivity index (χ0) is 19.4. The number of hydrogen-bond donors (Lipinski definition) is 0. The standard InChI is InChI=1S/C22H21FN2O2/c1-2-4-20(26)18-5-3-6-19(21(18)23)25(14-16-7-8-16)22(27)17-11-9-15(13-24)10-12-17/h3,5-6,9-12,16H,2,4,7-8,14H2,1H3. The molecular formula is C22H21FN2O2. The van der Waals surface area contributed by atoms with Crippen LogP contribution in [-0.2, 0) is 0 Å². The number of hydrogen-bond acceptors (Lipinski definition) is 3. The van der Waals surface area contributed by atoms with E-state index in [2.05, 4.69) is 0 Å². The van der Waals surface area contributed by atoms with Gasteiger partial charge in [0.2, 0.25) is 0 Å². The Labute approximate surface area is 158 Å². The van der Waals surface area contributed by atoms with E-state index in [9.17, 15) is 9.59 Å². The number of ketones is 1. The summed E-state index contributed by atoms with van der Waals surface area (Å²) >= 11 is 0. The van der Waals surface area contributed by atoms with Crippen LogP contribution in [0.4, 0.5) is 10.1 Å². The van der Waals surface area contributed by atoms with Crippen LogP contribution in [0.5, 0.6) is 0 Å². The molecule has 3 rings (SSSR count). The fourth-order valence-electron chi connectivity index (χ4n) is 3.00. The van der Waals surface area contributed by atoms with E-state index >= 15 is 4.39 Å². The molecule has 2 aromatic carbocycles. The second-order valence-electron chi connectivity index (χ2n) is 6.86. The van der Waals surface area contributed by atoms with Crippen LogP contribution in [0.3, 0.4) is 0 Å². The quantitative estimate of drug-likeness (QED) is 0.667. The molecule has 1 saturated carbocycles. The van der Waals surface area contributed by atoms with Crippen LogP contribution in [0.1, 0.15) is 58.9 Å². The van der Waals surface area contributed by atoms with Gasteiger partial charge in [-0.25, -0.2) is 4.39 Å². The first-order valence-corrected chi connectivity index (χ1v) is 9.19. The third kappa shape index (κ3) is 4.22.